The van der Waals surface area contributed by atoms with Gasteiger partial charge in [-0.2, -0.15) is 4.68 Å². The molecule has 0 fully saturated rings. The van der Waals surface area contributed by atoms with Gasteiger partial charge in [0.2, 0.25) is 0 Å². The summed E-state index contributed by atoms with van der Waals surface area (Å²) in [6.45, 7) is -0.355. The molecule has 0 atom stereocenters. The third kappa shape index (κ3) is 4.04. The molecule has 2 heterocycles. The highest BCUT2D eigenvalue weighted by molar-refractivity contribution is 7.12. The van der Waals surface area contributed by atoms with Crippen molar-refractivity contribution in [3.63, 3.8) is 0 Å². The van der Waals surface area contributed by atoms with Crippen LogP contribution in [-0.4, -0.2) is 26.9 Å². The Hall–Kier alpha value is -3.85. The Kier molecular flexibility index (Phi) is 5.12. The van der Waals surface area contributed by atoms with Gasteiger partial charge in [-0.3, -0.25) is 9.59 Å². The van der Waals surface area contributed by atoms with Crippen molar-refractivity contribution >= 4 is 39.8 Å². The first-order valence-electron chi connectivity index (χ1n) is 8.56. The number of rotatable bonds is 5. The maximum absolute atomic E-state index is 12.4. The van der Waals surface area contributed by atoms with Crippen LogP contribution in [0, 0.1) is 0 Å². The van der Waals surface area contributed by atoms with Crippen LogP contribution in [0.2, 0.25) is 0 Å². The van der Waals surface area contributed by atoms with E-state index >= 15 is 0 Å². The van der Waals surface area contributed by atoms with E-state index in [1.807, 2.05) is 5.38 Å². The number of esters is 1. The van der Waals surface area contributed by atoms with Gasteiger partial charge in [-0.1, -0.05) is 23.4 Å². The van der Waals surface area contributed by atoms with E-state index in [9.17, 15) is 14.4 Å². The van der Waals surface area contributed by atoms with Crippen molar-refractivity contribution in [2.24, 2.45) is 0 Å². The van der Waals surface area contributed by atoms with Crippen molar-refractivity contribution in [2.45, 2.75) is 6.73 Å². The van der Waals surface area contributed by atoms with Gasteiger partial charge in [-0.25, -0.2) is 4.79 Å². The zero-order chi connectivity index (χ0) is 20.2. The van der Waals surface area contributed by atoms with E-state index in [0.717, 1.165) is 4.68 Å². The van der Waals surface area contributed by atoms with Crippen LogP contribution in [0.15, 0.2) is 70.8 Å². The molecule has 0 aliphatic carbocycles. The highest BCUT2D eigenvalue weighted by Crippen LogP contribution is 2.15. The predicted molar refractivity (Wildman–Crippen MR) is 108 cm³/mol. The maximum atomic E-state index is 12.4. The first-order chi connectivity index (χ1) is 14.1. The van der Waals surface area contributed by atoms with Crippen LogP contribution in [0.4, 0.5) is 5.69 Å². The minimum absolute atomic E-state index is 0.218. The number of ether oxygens (including phenoxy) is 1. The van der Waals surface area contributed by atoms with Gasteiger partial charge in [0, 0.05) is 5.69 Å². The molecule has 29 heavy (non-hydrogen) atoms. The average Bonchev–Trinajstić information content (AvgIpc) is 3.29. The lowest BCUT2D eigenvalue weighted by Gasteiger charge is -2.08. The zero-order valence-corrected chi connectivity index (χ0v) is 15.8. The second-order valence-corrected chi connectivity index (χ2v) is 6.93. The molecule has 4 rings (SSSR count). The summed E-state index contributed by atoms with van der Waals surface area (Å²) < 4.78 is 6.14. The van der Waals surface area contributed by atoms with Crippen molar-refractivity contribution in [2.75, 3.05) is 5.32 Å². The van der Waals surface area contributed by atoms with Crippen LogP contribution in [0.1, 0.15) is 20.0 Å². The van der Waals surface area contributed by atoms with Gasteiger partial charge in [0.15, 0.2) is 6.73 Å². The minimum Gasteiger partial charge on any atom is -0.439 e. The lowest BCUT2D eigenvalue weighted by atomic mass is 10.2. The second-order valence-electron chi connectivity index (χ2n) is 5.98. The van der Waals surface area contributed by atoms with E-state index in [4.69, 9.17) is 4.74 Å². The number of nitrogens with zero attached hydrogens (tertiary/aromatic N) is 3. The highest BCUT2D eigenvalue weighted by atomic mass is 32.1. The number of hydrogen-bond acceptors (Lipinski definition) is 7. The predicted octanol–water partition coefficient (Wildman–Crippen LogP) is 2.92. The quantitative estimate of drug-likeness (QED) is 0.511. The van der Waals surface area contributed by atoms with Crippen LogP contribution in [0.25, 0.3) is 10.9 Å². The Bertz CT molecular complexity index is 1230. The standard InChI is InChI=1S/C20H14N4O4S/c25-18(17-6-3-11-29-17)21-14-9-7-13(8-10-14)20(27)28-12-24-19(26)15-4-1-2-5-16(15)22-23-24/h1-11H,12H2,(H,21,25). The smallest absolute Gasteiger partial charge is 0.339 e. The van der Waals surface area contributed by atoms with Gasteiger partial charge in [0.05, 0.1) is 15.8 Å². The number of aromatic nitrogens is 3. The molecule has 144 valence electrons. The minimum atomic E-state index is -0.622. The number of benzene rings is 2. The van der Waals surface area contributed by atoms with E-state index in [1.165, 1.54) is 23.5 Å². The summed E-state index contributed by atoms with van der Waals surface area (Å²) in [5.74, 6) is -0.840. The molecule has 8 nitrogen and oxygen atoms in total. The van der Waals surface area contributed by atoms with Gasteiger partial charge < -0.3 is 10.1 Å². The fourth-order valence-corrected chi connectivity index (χ4v) is 3.22. The largest absolute Gasteiger partial charge is 0.439 e. The Morgan fingerprint density at radius 1 is 1.03 bits per heavy atom. The summed E-state index contributed by atoms with van der Waals surface area (Å²) in [6, 6.07) is 16.6. The van der Waals surface area contributed by atoms with E-state index in [0.29, 0.717) is 21.5 Å². The molecule has 0 spiro atoms. The molecule has 0 saturated carbocycles. The number of amides is 1. The number of carbonyl (C=O) groups is 2. The van der Waals surface area contributed by atoms with Crippen molar-refractivity contribution in [1.29, 1.82) is 0 Å². The van der Waals surface area contributed by atoms with E-state index in [1.54, 1.807) is 48.5 Å². The summed E-state index contributed by atoms with van der Waals surface area (Å²) in [6.07, 6.45) is 0. The van der Waals surface area contributed by atoms with Crippen molar-refractivity contribution < 1.29 is 14.3 Å². The molecule has 0 aliphatic heterocycles. The molecule has 0 radical (unpaired) electrons. The number of fused-ring (bicyclic) bond motifs is 1. The van der Waals surface area contributed by atoms with E-state index < -0.39 is 11.5 Å². The third-order valence-electron chi connectivity index (χ3n) is 4.07. The Balaban J connectivity index is 1.41. The molecule has 0 unspecified atom stereocenters. The van der Waals surface area contributed by atoms with Gasteiger partial charge in [0.1, 0.15) is 5.52 Å². The van der Waals surface area contributed by atoms with Crippen LogP contribution in [0.5, 0.6) is 0 Å². The van der Waals surface area contributed by atoms with Crippen LogP contribution < -0.4 is 10.9 Å². The fraction of sp³-hybridized carbons (Fsp3) is 0.0500. The third-order valence-corrected chi connectivity index (χ3v) is 4.94. The molecule has 2 aromatic heterocycles. The summed E-state index contributed by atoms with van der Waals surface area (Å²) in [5, 5.41) is 12.7. The Morgan fingerprint density at radius 2 is 1.83 bits per heavy atom. The first-order valence-corrected chi connectivity index (χ1v) is 9.44. The summed E-state index contributed by atoms with van der Waals surface area (Å²) >= 11 is 1.34. The molecule has 0 bridgehead atoms. The van der Waals surface area contributed by atoms with Gasteiger partial charge >= 0.3 is 5.97 Å². The SMILES string of the molecule is O=C(OCn1nnc2ccccc2c1=O)c1ccc(NC(=O)c2cccs2)cc1. The lowest BCUT2D eigenvalue weighted by molar-refractivity contribution is 0.0336. The van der Waals surface area contributed by atoms with Crippen molar-refractivity contribution in [1.82, 2.24) is 15.0 Å². The zero-order valence-electron chi connectivity index (χ0n) is 14.9. The van der Waals surface area contributed by atoms with Crippen molar-refractivity contribution in [3.8, 4) is 0 Å². The van der Waals surface area contributed by atoms with Crippen LogP contribution in [0.3, 0.4) is 0 Å². The maximum Gasteiger partial charge on any atom is 0.339 e. The summed E-state index contributed by atoms with van der Waals surface area (Å²) in [5.41, 5.74) is 0.910. The number of nitrogens with one attached hydrogen (secondary N) is 1. The molecule has 1 amide bonds. The molecule has 0 aliphatic rings. The van der Waals surface area contributed by atoms with Gasteiger partial charge in [0.25, 0.3) is 11.5 Å². The molecule has 2 aromatic carbocycles. The monoisotopic (exact) mass is 406 g/mol. The first kappa shape index (κ1) is 18.5. The number of hydrogen-bond donors (Lipinski definition) is 1. The molecule has 4 aromatic rings. The van der Waals surface area contributed by atoms with Gasteiger partial charge in [-0.15, -0.1) is 16.4 Å². The van der Waals surface area contributed by atoms with E-state index in [2.05, 4.69) is 15.6 Å². The lowest BCUT2D eigenvalue weighted by Crippen LogP contribution is -2.26. The number of carbonyl (C=O) groups excluding carboxylic acids is 2. The van der Waals surface area contributed by atoms with Crippen molar-refractivity contribution in [3.05, 3.63) is 86.8 Å². The average molecular weight is 406 g/mol. The highest BCUT2D eigenvalue weighted by Gasteiger charge is 2.11. The summed E-state index contributed by atoms with van der Waals surface area (Å²) in [4.78, 5) is 37.2. The number of thiophene rings is 1. The van der Waals surface area contributed by atoms with Gasteiger partial charge in [-0.05, 0) is 47.8 Å². The fourth-order valence-electron chi connectivity index (χ4n) is 2.60. The molecule has 1 N–H and O–H groups in total. The molecular formula is C20H14N4O4S. The Morgan fingerprint density at radius 3 is 2.59 bits per heavy atom. The normalized spacial score (nSPS) is 10.6. The molecule has 9 heteroatoms. The second kappa shape index (κ2) is 8.03. The number of anilines is 1. The molecule has 0 saturated heterocycles. The summed E-state index contributed by atoms with van der Waals surface area (Å²) in [7, 11) is 0. The Labute approximate surface area is 168 Å². The van der Waals surface area contributed by atoms with Crippen LogP contribution >= 0.6 is 11.3 Å². The topological polar surface area (TPSA) is 103 Å². The van der Waals surface area contributed by atoms with Crippen LogP contribution in [-0.2, 0) is 11.5 Å². The van der Waals surface area contributed by atoms with E-state index in [-0.39, 0.29) is 18.2 Å². The molecular weight excluding hydrogens is 392 g/mol.